The molecule has 6 nitrogen and oxygen atoms in total. The van der Waals surface area contributed by atoms with Crippen LogP contribution >= 0.6 is 11.3 Å². The summed E-state index contributed by atoms with van der Waals surface area (Å²) in [5.74, 6) is -0.831. The van der Waals surface area contributed by atoms with E-state index in [0.717, 1.165) is 11.3 Å². The Labute approximate surface area is 88.9 Å². The molecule has 0 fully saturated rings. The van der Waals surface area contributed by atoms with Gasteiger partial charge in [-0.3, -0.25) is 10.1 Å². The lowest BCUT2D eigenvalue weighted by molar-refractivity contribution is -0.380. The number of carbonyl (C=O) groups excluding carboxylic acids is 1. The summed E-state index contributed by atoms with van der Waals surface area (Å²) in [5, 5.41) is 20.1. The van der Waals surface area contributed by atoms with Gasteiger partial charge in [0.25, 0.3) is 0 Å². The number of nitrogens with zero attached hydrogens (tertiary/aromatic N) is 2. The van der Waals surface area contributed by atoms with Crippen molar-refractivity contribution in [3.8, 4) is 6.07 Å². The predicted octanol–water partition coefficient (Wildman–Crippen LogP) is 1.70. The lowest BCUT2D eigenvalue weighted by Crippen LogP contribution is -2.07. The molecule has 0 atom stereocenters. The largest absolute Gasteiger partial charge is 0.462 e. The highest BCUT2D eigenvalue weighted by Gasteiger charge is 2.28. The van der Waals surface area contributed by atoms with Crippen LogP contribution in [0.25, 0.3) is 0 Å². The van der Waals surface area contributed by atoms with Crippen LogP contribution in [0.2, 0.25) is 0 Å². The summed E-state index contributed by atoms with van der Waals surface area (Å²) in [6.07, 6.45) is 0. The predicted molar refractivity (Wildman–Crippen MR) is 51.6 cm³/mol. The molecule has 0 spiro atoms. The average Bonchev–Trinajstić information content (AvgIpc) is 2.61. The molecule has 0 N–H and O–H groups in total. The van der Waals surface area contributed by atoms with E-state index in [1.54, 1.807) is 13.0 Å². The van der Waals surface area contributed by atoms with Crippen molar-refractivity contribution in [1.82, 2.24) is 0 Å². The van der Waals surface area contributed by atoms with Crippen molar-refractivity contribution in [3.05, 3.63) is 26.6 Å². The third kappa shape index (κ3) is 2.11. The third-order valence-electron chi connectivity index (χ3n) is 1.54. The lowest BCUT2D eigenvalue weighted by atomic mass is 10.2. The first-order chi connectivity index (χ1) is 7.11. The second-order valence-electron chi connectivity index (χ2n) is 2.42. The number of ether oxygens (including phenoxy) is 1. The quantitative estimate of drug-likeness (QED) is 0.444. The number of nitro groups is 1. The van der Waals surface area contributed by atoms with Gasteiger partial charge < -0.3 is 4.74 Å². The summed E-state index contributed by atoms with van der Waals surface area (Å²) in [6.45, 7) is 1.69. The van der Waals surface area contributed by atoms with Crippen molar-refractivity contribution in [3.63, 3.8) is 0 Å². The van der Waals surface area contributed by atoms with Gasteiger partial charge in [-0.15, -0.1) is 0 Å². The molecule has 0 aliphatic carbocycles. The van der Waals surface area contributed by atoms with Crippen LogP contribution < -0.4 is 0 Å². The first-order valence-corrected chi connectivity index (χ1v) is 4.82. The molecule has 15 heavy (non-hydrogen) atoms. The number of carbonyl (C=O) groups is 1. The summed E-state index contributed by atoms with van der Waals surface area (Å²) in [7, 11) is 0. The molecule has 0 bridgehead atoms. The van der Waals surface area contributed by atoms with Crippen LogP contribution in [0.4, 0.5) is 5.00 Å². The second kappa shape index (κ2) is 4.52. The van der Waals surface area contributed by atoms with Gasteiger partial charge in [0.15, 0.2) is 5.56 Å². The molecule has 0 aliphatic heterocycles. The summed E-state index contributed by atoms with van der Waals surface area (Å²) < 4.78 is 4.63. The first-order valence-electron chi connectivity index (χ1n) is 3.94. The molecule has 0 saturated carbocycles. The van der Waals surface area contributed by atoms with Crippen molar-refractivity contribution >= 4 is 22.3 Å². The Kier molecular flexibility index (Phi) is 3.36. The summed E-state index contributed by atoms with van der Waals surface area (Å²) in [4.78, 5) is 21.2. The number of nitriles is 1. The Morgan fingerprint density at radius 3 is 2.93 bits per heavy atom. The Balaban J connectivity index is 3.23. The molecular formula is C8H6N2O4S. The zero-order valence-corrected chi connectivity index (χ0v) is 8.54. The molecule has 0 amide bonds. The van der Waals surface area contributed by atoms with Gasteiger partial charge in [-0.2, -0.15) is 5.26 Å². The Hall–Kier alpha value is -1.94. The van der Waals surface area contributed by atoms with Crippen LogP contribution in [-0.2, 0) is 4.74 Å². The highest BCUT2D eigenvalue weighted by molar-refractivity contribution is 7.14. The molecule has 0 saturated heterocycles. The minimum atomic E-state index is -0.831. The average molecular weight is 226 g/mol. The molecule has 7 heteroatoms. The SMILES string of the molecule is CCOC(=O)c1c(C#N)csc1[N+](=O)[O-]. The van der Waals surface area contributed by atoms with Crippen LogP contribution in [0.1, 0.15) is 22.8 Å². The zero-order chi connectivity index (χ0) is 11.4. The van der Waals surface area contributed by atoms with Gasteiger partial charge in [0.05, 0.1) is 17.1 Å². The highest BCUT2D eigenvalue weighted by atomic mass is 32.1. The topological polar surface area (TPSA) is 93.2 Å². The van der Waals surface area contributed by atoms with Crippen LogP contribution in [0.3, 0.4) is 0 Å². The Morgan fingerprint density at radius 2 is 2.47 bits per heavy atom. The van der Waals surface area contributed by atoms with Crippen molar-refractivity contribution in [2.45, 2.75) is 6.92 Å². The third-order valence-corrected chi connectivity index (χ3v) is 2.47. The van der Waals surface area contributed by atoms with Gasteiger partial charge in [0, 0.05) is 5.38 Å². The van der Waals surface area contributed by atoms with Crippen molar-refractivity contribution < 1.29 is 14.5 Å². The van der Waals surface area contributed by atoms with E-state index < -0.39 is 10.9 Å². The molecule has 1 heterocycles. The van der Waals surface area contributed by atoms with Crippen molar-refractivity contribution in [2.24, 2.45) is 0 Å². The van der Waals surface area contributed by atoms with Gasteiger partial charge in [0.2, 0.25) is 0 Å². The molecule has 1 rings (SSSR count). The fourth-order valence-corrected chi connectivity index (χ4v) is 1.76. The molecule has 0 aromatic carbocycles. The molecule has 78 valence electrons. The maximum Gasteiger partial charge on any atom is 0.347 e. The standard InChI is InChI=1S/C8H6N2O4S/c1-2-14-8(11)6-5(3-9)4-15-7(6)10(12)13/h4H,2H2,1H3. The molecule has 0 aliphatic rings. The second-order valence-corrected chi connectivity index (χ2v) is 3.28. The van der Waals surface area contributed by atoms with Crippen LogP contribution in [0, 0.1) is 21.4 Å². The van der Waals surface area contributed by atoms with Gasteiger partial charge in [-0.25, -0.2) is 4.79 Å². The van der Waals surface area contributed by atoms with Gasteiger partial charge >= 0.3 is 11.0 Å². The van der Waals surface area contributed by atoms with Crippen LogP contribution in [-0.4, -0.2) is 17.5 Å². The van der Waals surface area contributed by atoms with E-state index in [9.17, 15) is 14.9 Å². The van der Waals surface area contributed by atoms with Crippen molar-refractivity contribution in [1.29, 1.82) is 5.26 Å². The number of hydrogen-bond acceptors (Lipinski definition) is 6. The molecule has 1 aromatic heterocycles. The van der Waals surface area contributed by atoms with E-state index in [-0.39, 0.29) is 22.7 Å². The van der Waals surface area contributed by atoms with E-state index in [2.05, 4.69) is 4.74 Å². The summed E-state index contributed by atoms with van der Waals surface area (Å²) in [6, 6.07) is 1.72. The van der Waals surface area contributed by atoms with Crippen molar-refractivity contribution in [2.75, 3.05) is 6.61 Å². The van der Waals surface area contributed by atoms with Gasteiger partial charge in [-0.05, 0) is 6.92 Å². The molecule has 0 radical (unpaired) electrons. The fraction of sp³-hybridized carbons (Fsp3) is 0.250. The maximum atomic E-state index is 11.3. The van der Waals surface area contributed by atoms with E-state index in [0.29, 0.717) is 0 Å². The Morgan fingerprint density at radius 1 is 1.80 bits per heavy atom. The van der Waals surface area contributed by atoms with Crippen LogP contribution in [0.5, 0.6) is 0 Å². The lowest BCUT2D eigenvalue weighted by Gasteiger charge is -1.98. The number of rotatable bonds is 3. The molecule has 0 unspecified atom stereocenters. The minimum Gasteiger partial charge on any atom is -0.462 e. The summed E-state index contributed by atoms with van der Waals surface area (Å²) in [5.41, 5.74) is -0.278. The van der Waals surface area contributed by atoms with E-state index >= 15 is 0 Å². The molecular weight excluding hydrogens is 220 g/mol. The Bertz CT molecular complexity index is 446. The minimum absolute atomic E-state index is 0.0230. The van der Waals surface area contributed by atoms with E-state index in [4.69, 9.17) is 5.26 Å². The van der Waals surface area contributed by atoms with E-state index in [1.165, 1.54) is 5.38 Å². The maximum absolute atomic E-state index is 11.3. The number of esters is 1. The smallest absolute Gasteiger partial charge is 0.347 e. The molecule has 1 aromatic rings. The number of hydrogen-bond donors (Lipinski definition) is 0. The normalized spacial score (nSPS) is 9.33. The summed E-state index contributed by atoms with van der Waals surface area (Å²) >= 11 is 0.741. The monoisotopic (exact) mass is 226 g/mol. The number of thiophene rings is 1. The van der Waals surface area contributed by atoms with Crippen LogP contribution in [0.15, 0.2) is 5.38 Å². The highest BCUT2D eigenvalue weighted by Crippen LogP contribution is 2.30. The van der Waals surface area contributed by atoms with Gasteiger partial charge in [0.1, 0.15) is 6.07 Å². The zero-order valence-electron chi connectivity index (χ0n) is 7.72. The van der Waals surface area contributed by atoms with Gasteiger partial charge in [-0.1, -0.05) is 11.3 Å². The fourth-order valence-electron chi connectivity index (χ4n) is 0.965. The first kappa shape index (κ1) is 11.1. The van der Waals surface area contributed by atoms with E-state index in [1.807, 2.05) is 0 Å².